The standard InChI is InChI=1S/C18H23ClN4O2.ClH/c19-15-4-2-14(3-5-15)18-22-17(25-23-18)9-12-21-16(24)6-1-13-7-10-20-11-8-13;/h2-5,13,20H,1,6-12H2,(H,21,24);1H. The molecular weight excluding hydrogens is 375 g/mol. The average Bonchev–Trinajstić information content (AvgIpc) is 3.10. The van der Waals surface area contributed by atoms with Gasteiger partial charge in [0.1, 0.15) is 0 Å². The number of carbonyl (C=O) groups is 1. The summed E-state index contributed by atoms with van der Waals surface area (Å²) in [7, 11) is 0. The fourth-order valence-corrected chi connectivity index (χ4v) is 3.10. The van der Waals surface area contributed by atoms with Crippen molar-refractivity contribution in [2.75, 3.05) is 19.6 Å². The van der Waals surface area contributed by atoms with Crippen LogP contribution in [0, 0.1) is 5.92 Å². The summed E-state index contributed by atoms with van der Waals surface area (Å²) in [6.45, 7) is 2.64. The Morgan fingerprint density at radius 2 is 2.00 bits per heavy atom. The van der Waals surface area contributed by atoms with E-state index in [1.165, 1.54) is 12.8 Å². The van der Waals surface area contributed by atoms with E-state index in [9.17, 15) is 4.79 Å². The number of hydrogen-bond donors (Lipinski definition) is 2. The second kappa shape index (κ2) is 10.5. The van der Waals surface area contributed by atoms with Gasteiger partial charge in [0.05, 0.1) is 0 Å². The van der Waals surface area contributed by atoms with E-state index in [2.05, 4.69) is 20.8 Å². The van der Waals surface area contributed by atoms with Crippen LogP contribution in [0.3, 0.4) is 0 Å². The topological polar surface area (TPSA) is 80.0 Å². The van der Waals surface area contributed by atoms with Gasteiger partial charge in [0.2, 0.25) is 17.6 Å². The number of rotatable bonds is 7. The van der Waals surface area contributed by atoms with Crippen LogP contribution >= 0.6 is 24.0 Å². The van der Waals surface area contributed by atoms with E-state index in [-0.39, 0.29) is 18.3 Å². The maximum atomic E-state index is 11.9. The fourth-order valence-electron chi connectivity index (χ4n) is 2.98. The van der Waals surface area contributed by atoms with Crippen molar-refractivity contribution >= 4 is 29.9 Å². The van der Waals surface area contributed by atoms with Crippen LogP contribution in [0.4, 0.5) is 0 Å². The number of halogens is 2. The number of carbonyl (C=O) groups excluding carboxylic acids is 1. The van der Waals surface area contributed by atoms with Gasteiger partial charge in [-0.05, 0) is 62.5 Å². The third kappa shape index (κ3) is 6.27. The highest BCUT2D eigenvalue weighted by Crippen LogP contribution is 2.19. The van der Waals surface area contributed by atoms with Gasteiger partial charge in [-0.2, -0.15) is 4.98 Å². The molecule has 3 rings (SSSR count). The molecule has 2 heterocycles. The lowest BCUT2D eigenvalue weighted by Crippen LogP contribution is -2.30. The van der Waals surface area contributed by atoms with Crippen molar-refractivity contribution in [1.82, 2.24) is 20.8 Å². The molecule has 0 bridgehead atoms. The number of piperidine rings is 1. The Morgan fingerprint density at radius 1 is 1.27 bits per heavy atom. The summed E-state index contributed by atoms with van der Waals surface area (Å²) >= 11 is 5.87. The van der Waals surface area contributed by atoms with E-state index in [1.807, 2.05) is 12.1 Å². The summed E-state index contributed by atoms with van der Waals surface area (Å²) in [5.41, 5.74) is 0.852. The minimum absolute atomic E-state index is 0. The minimum atomic E-state index is 0. The number of aromatic nitrogens is 2. The lowest BCUT2D eigenvalue weighted by atomic mass is 9.93. The van der Waals surface area contributed by atoms with Gasteiger partial charge >= 0.3 is 0 Å². The van der Waals surface area contributed by atoms with Gasteiger partial charge in [-0.1, -0.05) is 16.8 Å². The van der Waals surface area contributed by atoms with Crippen molar-refractivity contribution in [2.24, 2.45) is 5.92 Å². The smallest absolute Gasteiger partial charge is 0.228 e. The van der Waals surface area contributed by atoms with E-state index in [0.29, 0.717) is 42.0 Å². The summed E-state index contributed by atoms with van der Waals surface area (Å²) in [6, 6.07) is 7.27. The summed E-state index contributed by atoms with van der Waals surface area (Å²) < 4.78 is 5.23. The molecule has 1 fully saturated rings. The van der Waals surface area contributed by atoms with Gasteiger partial charge in [-0.15, -0.1) is 12.4 Å². The molecule has 0 atom stereocenters. The van der Waals surface area contributed by atoms with Crippen molar-refractivity contribution in [3.05, 3.63) is 35.2 Å². The Labute approximate surface area is 164 Å². The zero-order valence-electron chi connectivity index (χ0n) is 14.5. The highest BCUT2D eigenvalue weighted by atomic mass is 35.5. The van der Waals surface area contributed by atoms with Gasteiger partial charge in [0, 0.05) is 30.0 Å². The number of benzene rings is 1. The fraction of sp³-hybridized carbons (Fsp3) is 0.500. The van der Waals surface area contributed by atoms with Crippen LogP contribution in [-0.4, -0.2) is 35.7 Å². The van der Waals surface area contributed by atoms with Crippen molar-refractivity contribution in [3.63, 3.8) is 0 Å². The van der Waals surface area contributed by atoms with Crippen molar-refractivity contribution < 1.29 is 9.32 Å². The molecule has 1 aliphatic heterocycles. The van der Waals surface area contributed by atoms with Crippen molar-refractivity contribution in [3.8, 4) is 11.4 Å². The quantitative estimate of drug-likeness (QED) is 0.747. The van der Waals surface area contributed by atoms with Gasteiger partial charge in [-0.3, -0.25) is 4.79 Å². The molecular formula is C18H24Cl2N4O2. The first kappa shape index (κ1) is 20.7. The Morgan fingerprint density at radius 3 is 2.73 bits per heavy atom. The predicted molar refractivity (Wildman–Crippen MR) is 104 cm³/mol. The summed E-state index contributed by atoms with van der Waals surface area (Å²) in [5.74, 6) is 1.81. The molecule has 1 saturated heterocycles. The Bertz CT molecular complexity index is 685. The van der Waals surface area contributed by atoms with Gasteiger partial charge in [0.15, 0.2) is 0 Å². The maximum Gasteiger partial charge on any atom is 0.228 e. The number of hydrogen-bond acceptors (Lipinski definition) is 5. The molecule has 1 aliphatic rings. The monoisotopic (exact) mass is 398 g/mol. The zero-order valence-corrected chi connectivity index (χ0v) is 16.1. The zero-order chi connectivity index (χ0) is 17.5. The van der Waals surface area contributed by atoms with Crippen molar-refractivity contribution in [1.29, 1.82) is 0 Å². The maximum absolute atomic E-state index is 11.9. The van der Waals surface area contributed by atoms with E-state index in [4.69, 9.17) is 16.1 Å². The minimum Gasteiger partial charge on any atom is -0.356 e. The van der Waals surface area contributed by atoms with E-state index < -0.39 is 0 Å². The van der Waals surface area contributed by atoms with Crippen LogP contribution in [-0.2, 0) is 11.2 Å². The first-order valence-corrected chi connectivity index (χ1v) is 9.14. The van der Waals surface area contributed by atoms with Gasteiger partial charge in [-0.25, -0.2) is 0 Å². The first-order valence-electron chi connectivity index (χ1n) is 8.76. The second-order valence-corrected chi connectivity index (χ2v) is 6.79. The highest BCUT2D eigenvalue weighted by Gasteiger charge is 2.14. The lowest BCUT2D eigenvalue weighted by Gasteiger charge is -2.22. The average molecular weight is 399 g/mol. The summed E-state index contributed by atoms with van der Waals surface area (Å²) in [6.07, 6.45) is 4.42. The molecule has 1 aromatic heterocycles. The molecule has 0 saturated carbocycles. The summed E-state index contributed by atoms with van der Waals surface area (Å²) in [5, 5.41) is 10.9. The molecule has 1 aromatic carbocycles. The molecule has 142 valence electrons. The molecule has 0 unspecified atom stereocenters. The third-order valence-corrected chi connectivity index (χ3v) is 4.72. The van der Waals surface area contributed by atoms with Gasteiger partial charge in [0.25, 0.3) is 0 Å². The number of amides is 1. The molecule has 0 radical (unpaired) electrons. The SMILES string of the molecule is Cl.O=C(CCC1CCNCC1)NCCc1nc(-c2ccc(Cl)cc2)no1. The highest BCUT2D eigenvalue weighted by molar-refractivity contribution is 6.30. The van der Waals surface area contributed by atoms with Gasteiger partial charge < -0.3 is 15.2 Å². The predicted octanol–water partition coefficient (Wildman–Crippen LogP) is 3.25. The largest absolute Gasteiger partial charge is 0.356 e. The Kier molecular flexibility index (Phi) is 8.35. The normalized spacial score (nSPS) is 14.7. The van der Waals surface area contributed by atoms with Crippen LogP contribution in [0.25, 0.3) is 11.4 Å². The first-order chi connectivity index (χ1) is 12.2. The molecule has 8 heteroatoms. The second-order valence-electron chi connectivity index (χ2n) is 6.35. The van der Waals surface area contributed by atoms with E-state index in [0.717, 1.165) is 25.1 Å². The van der Waals surface area contributed by atoms with Crippen LogP contribution in [0.5, 0.6) is 0 Å². The molecule has 0 aliphatic carbocycles. The molecule has 0 spiro atoms. The lowest BCUT2D eigenvalue weighted by molar-refractivity contribution is -0.121. The third-order valence-electron chi connectivity index (χ3n) is 4.47. The molecule has 2 N–H and O–H groups in total. The van der Waals surface area contributed by atoms with Crippen LogP contribution in [0.2, 0.25) is 5.02 Å². The molecule has 2 aromatic rings. The van der Waals surface area contributed by atoms with Crippen LogP contribution in [0.15, 0.2) is 28.8 Å². The van der Waals surface area contributed by atoms with Crippen LogP contribution < -0.4 is 10.6 Å². The Balaban J connectivity index is 0.00000243. The van der Waals surface area contributed by atoms with Crippen LogP contribution in [0.1, 0.15) is 31.6 Å². The van der Waals surface area contributed by atoms with E-state index >= 15 is 0 Å². The molecule has 26 heavy (non-hydrogen) atoms. The molecule has 1 amide bonds. The van der Waals surface area contributed by atoms with E-state index in [1.54, 1.807) is 12.1 Å². The molecule has 6 nitrogen and oxygen atoms in total. The van der Waals surface area contributed by atoms with Crippen molar-refractivity contribution in [2.45, 2.75) is 32.1 Å². The summed E-state index contributed by atoms with van der Waals surface area (Å²) in [4.78, 5) is 16.3. The number of nitrogens with one attached hydrogen (secondary N) is 2. The number of nitrogens with zero attached hydrogens (tertiary/aromatic N) is 2. The Hall–Kier alpha value is -1.63.